The molecular weight excluding hydrogens is 244 g/mol. The van der Waals surface area contributed by atoms with Gasteiger partial charge in [-0.2, -0.15) is 11.3 Å². The number of aliphatic hydroxyl groups excluding tert-OH is 1. The van der Waals surface area contributed by atoms with E-state index in [0.29, 0.717) is 13.2 Å². The third kappa shape index (κ3) is 3.71. The SMILES string of the molecule is OCC#CCOCc1cccc(-c2ccsc2)c1. The number of benzene rings is 1. The Balaban J connectivity index is 1.96. The van der Waals surface area contributed by atoms with Crippen molar-refractivity contribution in [3.63, 3.8) is 0 Å². The van der Waals surface area contributed by atoms with E-state index in [-0.39, 0.29) is 6.61 Å². The minimum atomic E-state index is -0.114. The van der Waals surface area contributed by atoms with E-state index in [2.05, 4.69) is 40.8 Å². The topological polar surface area (TPSA) is 29.5 Å². The molecular formula is C15H14O2S. The van der Waals surface area contributed by atoms with Crippen molar-refractivity contribution < 1.29 is 9.84 Å². The Hall–Kier alpha value is -1.60. The zero-order valence-electron chi connectivity index (χ0n) is 9.93. The smallest absolute Gasteiger partial charge is 0.108 e. The van der Waals surface area contributed by atoms with Crippen LogP contribution in [-0.4, -0.2) is 18.3 Å². The maximum Gasteiger partial charge on any atom is 0.108 e. The molecule has 2 rings (SSSR count). The molecule has 18 heavy (non-hydrogen) atoms. The van der Waals surface area contributed by atoms with Crippen molar-refractivity contribution in [1.82, 2.24) is 0 Å². The normalized spacial score (nSPS) is 9.83. The fourth-order valence-corrected chi connectivity index (χ4v) is 2.26. The third-order valence-corrected chi connectivity index (χ3v) is 3.11. The summed E-state index contributed by atoms with van der Waals surface area (Å²) in [6.07, 6.45) is 0. The van der Waals surface area contributed by atoms with Crippen LogP contribution in [0.3, 0.4) is 0 Å². The second kappa shape index (κ2) is 6.97. The fraction of sp³-hybridized carbons (Fsp3) is 0.200. The summed E-state index contributed by atoms with van der Waals surface area (Å²) in [5, 5.41) is 12.7. The Morgan fingerprint density at radius 2 is 2.11 bits per heavy atom. The van der Waals surface area contributed by atoms with Crippen LogP contribution in [0.5, 0.6) is 0 Å². The molecule has 0 aliphatic heterocycles. The highest BCUT2D eigenvalue weighted by Gasteiger charge is 1.99. The van der Waals surface area contributed by atoms with Crippen LogP contribution in [0.2, 0.25) is 0 Å². The molecule has 92 valence electrons. The largest absolute Gasteiger partial charge is 0.384 e. The van der Waals surface area contributed by atoms with Gasteiger partial charge in [0.05, 0.1) is 6.61 Å². The summed E-state index contributed by atoms with van der Waals surface area (Å²) >= 11 is 1.69. The lowest BCUT2D eigenvalue weighted by molar-refractivity contribution is 0.153. The predicted octanol–water partition coefficient (Wildman–Crippen LogP) is 2.93. The quantitative estimate of drug-likeness (QED) is 0.675. The Labute approximate surface area is 111 Å². The summed E-state index contributed by atoms with van der Waals surface area (Å²) in [7, 11) is 0. The zero-order valence-corrected chi connectivity index (χ0v) is 10.7. The molecule has 3 heteroatoms. The van der Waals surface area contributed by atoms with Crippen LogP contribution >= 0.6 is 11.3 Å². The van der Waals surface area contributed by atoms with Crippen molar-refractivity contribution in [2.45, 2.75) is 6.61 Å². The van der Waals surface area contributed by atoms with E-state index in [1.165, 1.54) is 11.1 Å². The lowest BCUT2D eigenvalue weighted by Crippen LogP contribution is -1.93. The monoisotopic (exact) mass is 258 g/mol. The molecule has 0 saturated heterocycles. The van der Waals surface area contributed by atoms with Gasteiger partial charge in [-0.25, -0.2) is 0 Å². The molecule has 2 nitrogen and oxygen atoms in total. The summed E-state index contributed by atoms with van der Waals surface area (Å²) in [4.78, 5) is 0. The van der Waals surface area contributed by atoms with Gasteiger partial charge in [0, 0.05) is 0 Å². The van der Waals surface area contributed by atoms with E-state index in [0.717, 1.165) is 5.56 Å². The molecule has 0 fully saturated rings. The number of ether oxygens (including phenoxy) is 1. The molecule has 1 N–H and O–H groups in total. The van der Waals surface area contributed by atoms with Crippen molar-refractivity contribution in [1.29, 1.82) is 0 Å². The van der Waals surface area contributed by atoms with Gasteiger partial charge in [0.1, 0.15) is 13.2 Å². The highest BCUT2D eigenvalue weighted by atomic mass is 32.1. The third-order valence-electron chi connectivity index (χ3n) is 2.43. The summed E-state index contributed by atoms with van der Waals surface area (Å²) in [5.74, 6) is 5.28. The number of aliphatic hydroxyl groups is 1. The average molecular weight is 258 g/mol. The van der Waals surface area contributed by atoms with Gasteiger partial charge >= 0.3 is 0 Å². The standard InChI is InChI=1S/C15H14O2S/c16-7-1-2-8-17-11-13-4-3-5-14(10-13)15-6-9-18-12-15/h3-6,9-10,12,16H,7-8,11H2. The van der Waals surface area contributed by atoms with Gasteiger partial charge in [0.25, 0.3) is 0 Å². The van der Waals surface area contributed by atoms with Crippen molar-refractivity contribution in [3.8, 4) is 23.0 Å². The molecule has 0 atom stereocenters. The maximum absolute atomic E-state index is 8.50. The van der Waals surface area contributed by atoms with E-state index in [4.69, 9.17) is 9.84 Å². The van der Waals surface area contributed by atoms with Crippen LogP contribution in [-0.2, 0) is 11.3 Å². The first-order valence-electron chi connectivity index (χ1n) is 5.66. The molecule has 0 aliphatic carbocycles. The van der Waals surface area contributed by atoms with Crippen molar-refractivity contribution in [3.05, 3.63) is 46.7 Å². The Bertz CT molecular complexity index is 535. The van der Waals surface area contributed by atoms with E-state index in [1.54, 1.807) is 11.3 Å². The van der Waals surface area contributed by atoms with Crippen LogP contribution in [0.4, 0.5) is 0 Å². The van der Waals surface area contributed by atoms with Crippen LogP contribution in [0.25, 0.3) is 11.1 Å². The number of thiophene rings is 1. The van der Waals surface area contributed by atoms with Gasteiger partial charge in [-0.15, -0.1) is 0 Å². The number of hydrogen-bond donors (Lipinski definition) is 1. The fourth-order valence-electron chi connectivity index (χ4n) is 1.60. The Kier molecular flexibility index (Phi) is 4.98. The highest BCUT2D eigenvalue weighted by molar-refractivity contribution is 7.08. The van der Waals surface area contributed by atoms with Gasteiger partial charge in [0.2, 0.25) is 0 Å². The summed E-state index contributed by atoms with van der Waals surface area (Å²) in [6, 6.07) is 10.4. The molecule has 1 heterocycles. The molecule has 0 unspecified atom stereocenters. The molecule has 0 bridgehead atoms. The van der Waals surface area contributed by atoms with Crippen LogP contribution < -0.4 is 0 Å². The zero-order chi connectivity index (χ0) is 12.6. The van der Waals surface area contributed by atoms with Gasteiger partial charge in [-0.05, 0) is 39.6 Å². The van der Waals surface area contributed by atoms with Gasteiger partial charge in [0.15, 0.2) is 0 Å². The van der Waals surface area contributed by atoms with Gasteiger partial charge in [-0.1, -0.05) is 30.0 Å². The molecule has 0 amide bonds. The molecule has 2 aromatic rings. The number of hydrogen-bond acceptors (Lipinski definition) is 3. The number of rotatable bonds is 4. The van der Waals surface area contributed by atoms with Gasteiger partial charge in [-0.3, -0.25) is 0 Å². The average Bonchev–Trinajstić information content (AvgIpc) is 2.93. The Morgan fingerprint density at radius 1 is 1.17 bits per heavy atom. The van der Waals surface area contributed by atoms with Gasteiger partial charge < -0.3 is 9.84 Å². The molecule has 0 radical (unpaired) electrons. The first-order chi connectivity index (χ1) is 8.90. The lowest BCUT2D eigenvalue weighted by atomic mass is 10.1. The predicted molar refractivity (Wildman–Crippen MR) is 74.3 cm³/mol. The minimum Gasteiger partial charge on any atom is -0.384 e. The summed E-state index contributed by atoms with van der Waals surface area (Å²) in [5.41, 5.74) is 3.57. The van der Waals surface area contributed by atoms with Crippen LogP contribution in [0.15, 0.2) is 41.1 Å². The van der Waals surface area contributed by atoms with Crippen molar-refractivity contribution >= 4 is 11.3 Å². The van der Waals surface area contributed by atoms with Crippen molar-refractivity contribution in [2.75, 3.05) is 13.2 Å². The highest BCUT2D eigenvalue weighted by Crippen LogP contribution is 2.23. The first-order valence-corrected chi connectivity index (χ1v) is 6.60. The maximum atomic E-state index is 8.50. The molecule has 0 saturated carbocycles. The van der Waals surface area contributed by atoms with E-state index < -0.39 is 0 Å². The Morgan fingerprint density at radius 3 is 2.89 bits per heavy atom. The minimum absolute atomic E-state index is 0.114. The molecule has 1 aromatic heterocycles. The molecule has 0 spiro atoms. The molecule has 0 aliphatic rings. The van der Waals surface area contributed by atoms with E-state index in [1.807, 2.05) is 12.1 Å². The second-order valence-corrected chi connectivity index (χ2v) is 4.50. The van der Waals surface area contributed by atoms with Crippen LogP contribution in [0.1, 0.15) is 5.56 Å². The van der Waals surface area contributed by atoms with E-state index >= 15 is 0 Å². The van der Waals surface area contributed by atoms with Crippen molar-refractivity contribution in [2.24, 2.45) is 0 Å². The van der Waals surface area contributed by atoms with E-state index in [9.17, 15) is 0 Å². The summed E-state index contributed by atoms with van der Waals surface area (Å²) in [6.45, 7) is 0.776. The first kappa shape index (κ1) is 12.8. The lowest BCUT2D eigenvalue weighted by Gasteiger charge is -2.03. The molecule has 1 aromatic carbocycles. The van der Waals surface area contributed by atoms with Crippen LogP contribution in [0, 0.1) is 11.8 Å². The second-order valence-electron chi connectivity index (χ2n) is 3.72. The summed E-state index contributed by atoms with van der Waals surface area (Å²) < 4.78 is 5.41.